The van der Waals surface area contributed by atoms with Crippen LogP contribution in [0, 0.1) is 3.57 Å². The lowest BCUT2D eigenvalue weighted by Gasteiger charge is -1.99. The van der Waals surface area contributed by atoms with Gasteiger partial charge in [-0.3, -0.25) is 14.8 Å². The van der Waals surface area contributed by atoms with Crippen LogP contribution in [0.4, 0.5) is 4.79 Å². The predicted molar refractivity (Wildman–Crippen MR) is 52.7 cm³/mol. The van der Waals surface area contributed by atoms with Crippen molar-refractivity contribution in [1.29, 1.82) is 0 Å². The number of hydrogen-bond acceptors (Lipinski definition) is 3. The number of nitrogens with zero attached hydrogens (tertiary/aromatic N) is 2. The van der Waals surface area contributed by atoms with Gasteiger partial charge in [0.05, 0.1) is 9.77 Å². The topological polar surface area (TPSA) is 90.0 Å². The van der Waals surface area contributed by atoms with Crippen molar-refractivity contribution in [3.8, 4) is 0 Å². The van der Waals surface area contributed by atoms with Crippen LogP contribution in [0.15, 0.2) is 12.4 Å². The number of primary amides is 1. The molecule has 3 amide bonds. The van der Waals surface area contributed by atoms with Crippen LogP contribution in [-0.4, -0.2) is 21.7 Å². The van der Waals surface area contributed by atoms with Crippen molar-refractivity contribution in [2.24, 2.45) is 5.73 Å². The molecular weight excluding hydrogens is 287 g/mol. The lowest BCUT2D eigenvalue weighted by molar-refractivity contribution is -0.120. The van der Waals surface area contributed by atoms with Gasteiger partial charge in [-0.25, -0.2) is 4.79 Å². The Kier molecular flexibility index (Phi) is 3.23. The molecule has 0 fully saturated rings. The third-order valence-electron chi connectivity index (χ3n) is 1.17. The van der Waals surface area contributed by atoms with E-state index in [0.717, 1.165) is 3.57 Å². The molecule has 0 radical (unpaired) electrons. The number of hydrogen-bond donors (Lipinski definition) is 2. The Hall–Kier alpha value is -1.12. The average molecular weight is 294 g/mol. The number of halogens is 1. The maximum atomic E-state index is 11.0. The molecule has 70 valence electrons. The van der Waals surface area contributed by atoms with Gasteiger partial charge in [0.1, 0.15) is 6.54 Å². The van der Waals surface area contributed by atoms with Crippen molar-refractivity contribution < 1.29 is 9.59 Å². The molecule has 1 aromatic heterocycles. The second-order valence-corrected chi connectivity index (χ2v) is 3.51. The van der Waals surface area contributed by atoms with E-state index in [1.165, 1.54) is 4.68 Å². The summed E-state index contributed by atoms with van der Waals surface area (Å²) in [5.41, 5.74) is 4.75. The fourth-order valence-corrected chi connectivity index (χ4v) is 1.19. The fourth-order valence-electron chi connectivity index (χ4n) is 0.749. The van der Waals surface area contributed by atoms with E-state index in [0.29, 0.717) is 0 Å². The molecule has 6 nitrogen and oxygen atoms in total. The number of nitrogens with two attached hydrogens (primary N) is 1. The van der Waals surface area contributed by atoms with Crippen molar-refractivity contribution in [3.63, 3.8) is 0 Å². The SMILES string of the molecule is NC(=O)NC(=O)Cn1cc(I)cn1. The lowest BCUT2D eigenvalue weighted by Crippen LogP contribution is -2.37. The van der Waals surface area contributed by atoms with Gasteiger partial charge in [-0.15, -0.1) is 0 Å². The van der Waals surface area contributed by atoms with Gasteiger partial charge in [0.25, 0.3) is 0 Å². The van der Waals surface area contributed by atoms with Crippen LogP contribution in [0.5, 0.6) is 0 Å². The van der Waals surface area contributed by atoms with E-state index in [1.54, 1.807) is 12.4 Å². The number of aromatic nitrogens is 2. The minimum absolute atomic E-state index is 0.00799. The van der Waals surface area contributed by atoms with E-state index in [4.69, 9.17) is 5.73 Å². The summed E-state index contributed by atoms with van der Waals surface area (Å²) in [5, 5.41) is 5.80. The minimum atomic E-state index is -0.855. The molecule has 7 heteroatoms. The summed E-state index contributed by atoms with van der Waals surface area (Å²) >= 11 is 2.07. The number of nitrogens with one attached hydrogen (secondary N) is 1. The van der Waals surface area contributed by atoms with Crippen molar-refractivity contribution in [2.75, 3.05) is 0 Å². The van der Waals surface area contributed by atoms with E-state index in [1.807, 2.05) is 5.32 Å². The van der Waals surface area contributed by atoms with E-state index < -0.39 is 11.9 Å². The molecule has 0 bridgehead atoms. The quantitative estimate of drug-likeness (QED) is 0.733. The van der Waals surface area contributed by atoms with Crippen LogP contribution in [-0.2, 0) is 11.3 Å². The lowest BCUT2D eigenvalue weighted by atomic mass is 10.6. The summed E-state index contributed by atoms with van der Waals surface area (Å²) in [4.78, 5) is 21.2. The molecule has 0 unspecified atom stereocenters. The van der Waals surface area contributed by atoms with Gasteiger partial charge < -0.3 is 5.73 Å². The Morgan fingerprint density at radius 1 is 1.69 bits per heavy atom. The maximum absolute atomic E-state index is 11.0. The summed E-state index contributed by atoms with van der Waals surface area (Å²) in [6.07, 6.45) is 3.29. The zero-order valence-corrected chi connectivity index (χ0v) is 8.69. The normalized spacial score (nSPS) is 9.62. The van der Waals surface area contributed by atoms with Gasteiger partial charge in [0.15, 0.2) is 0 Å². The van der Waals surface area contributed by atoms with Gasteiger partial charge >= 0.3 is 6.03 Å². The van der Waals surface area contributed by atoms with Gasteiger partial charge in [-0.1, -0.05) is 0 Å². The highest BCUT2D eigenvalue weighted by atomic mass is 127. The Morgan fingerprint density at radius 3 is 2.85 bits per heavy atom. The third kappa shape index (κ3) is 3.40. The maximum Gasteiger partial charge on any atom is 0.318 e. The molecule has 0 aliphatic rings. The third-order valence-corrected chi connectivity index (χ3v) is 1.73. The number of imide groups is 1. The Morgan fingerprint density at radius 2 is 2.38 bits per heavy atom. The summed E-state index contributed by atoms with van der Waals surface area (Å²) in [6, 6.07) is -0.855. The van der Waals surface area contributed by atoms with E-state index in [-0.39, 0.29) is 6.54 Å². The first-order chi connectivity index (χ1) is 6.08. The van der Waals surface area contributed by atoms with Gasteiger partial charge in [-0.2, -0.15) is 5.10 Å². The highest BCUT2D eigenvalue weighted by Gasteiger charge is 2.05. The molecule has 1 aromatic rings. The monoisotopic (exact) mass is 294 g/mol. The van der Waals surface area contributed by atoms with Crippen LogP contribution in [0.1, 0.15) is 0 Å². The highest BCUT2D eigenvalue weighted by Crippen LogP contribution is 2.00. The average Bonchev–Trinajstić information content (AvgIpc) is 2.33. The van der Waals surface area contributed by atoms with E-state index in [9.17, 15) is 9.59 Å². The van der Waals surface area contributed by atoms with Crippen molar-refractivity contribution in [2.45, 2.75) is 6.54 Å². The van der Waals surface area contributed by atoms with Gasteiger partial charge in [0.2, 0.25) is 5.91 Å². The molecule has 3 N–H and O–H groups in total. The molecule has 0 saturated heterocycles. The Bertz CT molecular complexity index is 335. The fraction of sp³-hybridized carbons (Fsp3) is 0.167. The number of urea groups is 1. The number of carbonyl (C=O) groups excluding carboxylic acids is 2. The summed E-state index contributed by atoms with van der Waals surface area (Å²) < 4.78 is 2.34. The van der Waals surface area contributed by atoms with Gasteiger partial charge in [0, 0.05) is 6.20 Å². The number of carbonyl (C=O) groups is 2. The molecule has 0 saturated carbocycles. The van der Waals surface area contributed by atoms with Crippen LogP contribution >= 0.6 is 22.6 Å². The summed E-state index contributed by atoms with van der Waals surface area (Å²) in [5.74, 6) is -0.480. The molecule has 13 heavy (non-hydrogen) atoms. The Labute approximate surface area is 87.6 Å². The first kappa shape index (κ1) is 9.96. The van der Waals surface area contributed by atoms with Crippen molar-refractivity contribution in [1.82, 2.24) is 15.1 Å². The molecule has 0 atom stereocenters. The first-order valence-corrected chi connectivity index (χ1v) is 4.43. The Balaban J connectivity index is 2.50. The van der Waals surface area contributed by atoms with Crippen molar-refractivity contribution >= 4 is 34.5 Å². The molecule has 1 rings (SSSR count). The van der Waals surface area contributed by atoms with E-state index in [2.05, 4.69) is 27.7 Å². The largest absolute Gasteiger partial charge is 0.351 e. The van der Waals surface area contributed by atoms with Crippen LogP contribution in [0.3, 0.4) is 0 Å². The smallest absolute Gasteiger partial charge is 0.318 e. The van der Waals surface area contributed by atoms with Gasteiger partial charge in [-0.05, 0) is 22.6 Å². The summed E-state index contributed by atoms with van der Waals surface area (Å²) in [6.45, 7) is -0.00799. The van der Waals surface area contributed by atoms with Crippen LogP contribution in [0.25, 0.3) is 0 Å². The standard InChI is InChI=1S/C6H7IN4O2/c7-4-1-9-11(2-4)3-5(12)10-6(8)13/h1-2H,3H2,(H3,8,10,12,13). The predicted octanol–water partition coefficient (Wildman–Crippen LogP) is -0.317. The van der Waals surface area contributed by atoms with Crippen LogP contribution in [0.2, 0.25) is 0 Å². The molecule has 0 aromatic carbocycles. The number of amides is 3. The molecule has 1 heterocycles. The summed E-state index contributed by atoms with van der Waals surface area (Å²) in [7, 11) is 0. The molecular formula is C6H7IN4O2. The first-order valence-electron chi connectivity index (χ1n) is 3.35. The zero-order valence-electron chi connectivity index (χ0n) is 6.53. The molecule has 0 aliphatic heterocycles. The minimum Gasteiger partial charge on any atom is -0.351 e. The highest BCUT2D eigenvalue weighted by molar-refractivity contribution is 14.1. The second-order valence-electron chi connectivity index (χ2n) is 2.27. The van der Waals surface area contributed by atoms with Crippen LogP contribution < -0.4 is 11.1 Å². The molecule has 0 spiro atoms. The molecule has 0 aliphatic carbocycles. The van der Waals surface area contributed by atoms with E-state index >= 15 is 0 Å². The second kappa shape index (κ2) is 4.21. The number of rotatable bonds is 2. The zero-order chi connectivity index (χ0) is 9.84. The van der Waals surface area contributed by atoms with Crippen molar-refractivity contribution in [3.05, 3.63) is 16.0 Å².